The molecular formula is C19H25N7O2. The minimum Gasteiger partial charge on any atom is -0.338 e. The topological polar surface area (TPSA) is 109 Å². The quantitative estimate of drug-likeness (QED) is 0.823. The second-order valence-corrected chi connectivity index (χ2v) is 7.23. The van der Waals surface area contributed by atoms with Gasteiger partial charge in [0, 0.05) is 44.0 Å². The first kappa shape index (κ1) is 18.4. The molecule has 2 fully saturated rings. The van der Waals surface area contributed by atoms with E-state index in [-0.39, 0.29) is 18.0 Å². The summed E-state index contributed by atoms with van der Waals surface area (Å²) in [5.41, 5.74) is 7.71. The van der Waals surface area contributed by atoms with Crippen LogP contribution in [0.5, 0.6) is 0 Å². The van der Waals surface area contributed by atoms with Gasteiger partial charge in [0.15, 0.2) is 0 Å². The first-order chi connectivity index (χ1) is 13.7. The van der Waals surface area contributed by atoms with Gasteiger partial charge in [-0.25, -0.2) is 9.48 Å². The van der Waals surface area contributed by atoms with Gasteiger partial charge >= 0.3 is 6.03 Å². The van der Waals surface area contributed by atoms with Crippen molar-refractivity contribution < 1.29 is 9.59 Å². The number of amides is 3. The summed E-state index contributed by atoms with van der Waals surface area (Å²) in [6.45, 7) is 3.00. The lowest BCUT2D eigenvalue weighted by Crippen LogP contribution is -2.46. The van der Waals surface area contributed by atoms with Gasteiger partial charge in [-0.05, 0) is 37.5 Å². The van der Waals surface area contributed by atoms with Crippen LogP contribution in [0.1, 0.15) is 41.4 Å². The van der Waals surface area contributed by atoms with Crippen LogP contribution in [-0.4, -0.2) is 58.0 Å². The number of nitrogens with two attached hydrogens (primary N) is 1. The number of urea groups is 1. The summed E-state index contributed by atoms with van der Waals surface area (Å²) in [5, 5.41) is 11.0. The van der Waals surface area contributed by atoms with Crippen molar-refractivity contribution in [3.8, 4) is 0 Å². The third-order valence-corrected chi connectivity index (χ3v) is 5.31. The number of nitrogens with zero attached hydrogens (tertiary/aromatic N) is 5. The molecule has 0 radical (unpaired) electrons. The van der Waals surface area contributed by atoms with Gasteiger partial charge in [0.1, 0.15) is 0 Å². The van der Waals surface area contributed by atoms with Crippen molar-refractivity contribution in [2.75, 3.05) is 31.1 Å². The number of rotatable bonds is 4. The van der Waals surface area contributed by atoms with Crippen molar-refractivity contribution in [2.24, 2.45) is 5.73 Å². The monoisotopic (exact) mass is 383 g/mol. The Labute approximate surface area is 163 Å². The molecule has 0 bridgehead atoms. The summed E-state index contributed by atoms with van der Waals surface area (Å²) >= 11 is 0. The van der Waals surface area contributed by atoms with Gasteiger partial charge in [-0.1, -0.05) is 11.3 Å². The number of carbonyl (C=O) groups excluding carboxylic acids is 2. The summed E-state index contributed by atoms with van der Waals surface area (Å²) in [7, 11) is 0. The molecule has 1 aromatic carbocycles. The fourth-order valence-corrected chi connectivity index (χ4v) is 3.81. The number of anilines is 1. The maximum Gasteiger partial charge on any atom is 0.321 e. The number of piperidine rings is 1. The number of aromatic nitrogens is 3. The molecule has 1 aromatic heterocycles. The first-order valence-corrected chi connectivity index (χ1v) is 9.71. The van der Waals surface area contributed by atoms with Gasteiger partial charge in [0.25, 0.3) is 5.91 Å². The average molecular weight is 383 g/mol. The second-order valence-electron chi connectivity index (χ2n) is 7.23. The molecule has 148 valence electrons. The highest BCUT2D eigenvalue weighted by atomic mass is 16.2. The highest BCUT2D eigenvalue weighted by molar-refractivity contribution is 5.98. The normalized spacial score (nSPS) is 20.2. The Kier molecular flexibility index (Phi) is 5.25. The largest absolute Gasteiger partial charge is 0.338 e. The van der Waals surface area contributed by atoms with Crippen molar-refractivity contribution in [3.63, 3.8) is 0 Å². The van der Waals surface area contributed by atoms with E-state index in [2.05, 4.69) is 15.6 Å². The zero-order valence-electron chi connectivity index (χ0n) is 15.8. The summed E-state index contributed by atoms with van der Waals surface area (Å²) < 4.78 is 1.82. The van der Waals surface area contributed by atoms with E-state index in [0.717, 1.165) is 30.6 Å². The molecule has 9 nitrogen and oxygen atoms in total. The van der Waals surface area contributed by atoms with Gasteiger partial charge in [-0.15, -0.1) is 5.10 Å². The lowest BCUT2D eigenvalue weighted by Gasteiger charge is -2.33. The molecule has 2 aromatic rings. The van der Waals surface area contributed by atoms with E-state index in [4.69, 9.17) is 5.73 Å². The van der Waals surface area contributed by atoms with Gasteiger partial charge in [-0.2, -0.15) is 0 Å². The van der Waals surface area contributed by atoms with Crippen LogP contribution in [0.2, 0.25) is 0 Å². The molecule has 3 N–H and O–H groups in total. The van der Waals surface area contributed by atoms with Crippen LogP contribution in [0, 0.1) is 0 Å². The van der Waals surface area contributed by atoms with Gasteiger partial charge < -0.3 is 16.0 Å². The van der Waals surface area contributed by atoms with Crippen LogP contribution in [0.15, 0.2) is 30.5 Å². The van der Waals surface area contributed by atoms with Crippen LogP contribution in [-0.2, 0) is 6.54 Å². The van der Waals surface area contributed by atoms with Crippen molar-refractivity contribution in [1.29, 1.82) is 0 Å². The second kappa shape index (κ2) is 7.97. The van der Waals surface area contributed by atoms with Crippen LogP contribution in [0.3, 0.4) is 0 Å². The molecule has 1 unspecified atom stereocenters. The fourth-order valence-electron chi connectivity index (χ4n) is 3.81. The van der Waals surface area contributed by atoms with E-state index in [9.17, 15) is 9.59 Å². The van der Waals surface area contributed by atoms with E-state index in [1.165, 1.54) is 0 Å². The van der Waals surface area contributed by atoms with E-state index in [1.807, 2.05) is 27.9 Å². The predicted molar refractivity (Wildman–Crippen MR) is 104 cm³/mol. The Morgan fingerprint density at radius 3 is 2.96 bits per heavy atom. The summed E-state index contributed by atoms with van der Waals surface area (Å²) in [6, 6.07) is 7.29. The fraction of sp³-hybridized carbons (Fsp3) is 0.474. The van der Waals surface area contributed by atoms with E-state index >= 15 is 0 Å². The number of likely N-dealkylation sites (tertiary alicyclic amines) is 1. The zero-order chi connectivity index (χ0) is 19.5. The van der Waals surface area contributed by atoms with Crippen molar-refractivity contribution >= 4 is 17.6 Å². The highest BCUT2D eigenvalue weighted by Crippen LogP contribution is 2.24. The standard InChI is InChI=1S/C19H25N7O2/c20-11-15-12-26(23-22-15)17-6-2-8-24(13-17)18(27)14-4-1-5-16(10-14)25-9-3-7-21-19(25)28/h1,4-5,10,12,17H,2-3,6-9,11,13,20H2,(H,21,28). The minimum atomic E-state index is -0.115. The van der Waals surface area contributed by atoms with Crippen molar-refractivity contribution in [2.45, 2.75) is 31.8 Å². The molecule has 0 spiro atoms. The summed E-state index contributed by atoms with van der Waals surface area (Å²) in [4.78, 5) is 28.7. The van der Waals surface area contributed by atoms with E-state index in [0.29, 0.717) is 38.3 Å². The SMILES string of the molecule is NCc1cn(C2CCCN(C(=O)c3cccc(N4CCCNC4=O)c3)C2)nn1. The maximum atomic E-state index is 13.1. The Hall–Kier alpha value is -2.94. The maximum absolute atomic E-state index is 13.1. The number of hydrogen-bond acceptors (Lipinski definition) is 5. The zero-order valence-corrected chi connectivity index (χ0v) is 15.8. The molecule has 28 heavy (non-hydrogen) atoms. The number of benzene rings is 1. The highest BCUT2D eigenvalue weighted by Gasteiger charge is 2.27. The van der Waals surface area contributed by atoms with Crippen molar-refractivity contribution in [1.82, 2.24) is 25.2 Å². The van der Waals surface area contributed by atoms with E-state index in [1.54, 1.807) is 17.0 Å². The first-order valence-electron chi connectivity index (χ1n) is 9.71. The Bertz CT molecular complexity index is 865. The molecule has 2 saturated heterocycles. The van der Waals surface area contributed by atoms with Crippen LogP contribution in [0.4, 0.5) is 10.5 Å². The molecule has 4 rings (SSSR count). The molecular weight excluding hydrogens is 358 g/mol. The minimum absolute atomic E-state index is 0.0249. The van der Waals surface area contributed by atoms with Crippen LogP contribution >= 0.6 is 0 Å². The third kappa shape index (κ3) is 3.70. The predicted octanol–water partition coefficient (Wildman–Crippen LogP) is 1.13. The number of nitrogens with one attached hydrogen (secondary N) is 1. The van der Waals surface area contributed by atoms with Gasteiger partial charge in [-0.3, -0.25) is 9.69 Å². The molecule has 0 saturated carbocycles. The van der Waals surface area contributed by atoms with E-state index < -0.39 is 0 Å². The molecule has 3 amide bonds. The average Bonchev–Trinajstić information content (AvgIpc) is 3.23. The Morgan fingerprint density at radius 1 is 1.29 bits per heavy atom. The molecule has 3 heterocycles. The summed E-state index contributed by atoms with van der Waals surface area (Å²) in [5.74, 6) is -0.0249. The molecule has 2 aliphatic rings. The summed E-state index contributed by atoms with van der Waals surface area (Å²) in [6.07, 6.45) is 4.60. The number of hydrogen-bond donors (Lipinski definition) is 2. The third-order valence-electron chi connectivity index (χ3n) is 5.31. The smallest absolute Gasteiger partial charge is 0.321 e. The lowest BCUT2D eigenvalue weighted by molar-refractivity contribution is 0.0672. The van der Waals surface area contributed by atoms with Gasteiger partial charge in [0.2, 0.25) is 0 Å². The van der Waals surface area contributed by atoms with Crippen molar-refractivity contribution in [3.05, 3.63) is 41.7 Å². The molecule has 9 heteroatoms. The Morgan fingerprint density at radius 2 is 2.18 bits per heavy atom. The lowest BCUT2D eigenvalue weighted by atomic mass is 10.0. The van der Waals surface area contributed by atoms with Crippen LogP contribution in [0.25, 0.3) is 0 Å². The van der Waals surface area contributed by atoms with Crippen LogP contribution < -0.4 is 16.0 Å². The molecule has 0 aliphatic carbocycles. The molecule has 1 atom stereocenters. The number of carbonyl (C=O) groups is 2. The Balaban J connectivity index is 1.49. The van der Waals surface area contributed by atoms with Gasteiger partial charge in [0.05, 0.1) is 17.9 Å². The molecule has 2 aliphatic heterocycles.